The number of hydrogen-bond donors (Lipinski definition) is 3. The van der Waals surface area contributed by atoms with Gasteiger partial charge in [-0.3, -0.25) is 5.43 Å². The van der Waals surface area contributed by atoms with Crippen LogP contribution in [-0.2, 0) is 9.47 Å². The smallest absolute Gasteiger partial charge is 0.239 e. The fraction of sp³-hybridized carbons (Fsp3) is 0.556. The number of nitrogen functional groups attached to an aromatic ring is 1. The fourth-order valence-corrected chi connectivity index (χ4v) is 1.14. The third-order valence-corrected chi connectivity index (χ3v) is 1.98. The molecule has 0 aliphatic rings. The van der Waals surface area contributed by atoms with E-state index in [0.717, 1.165) is 0 Å². The fourth-order valence-electron chi connectivity index (χ4n) is 1.14. The van der Waals surface area contributed by atoms with E-state index in [2.05, 4.69) is 20.7 Å². The molecule has 1 aromatic rings. The summed E-state index contributed by atoms with van der Waals surface area (Å²) in [5.41, 5.74) is 2.38. The van der Waals surface area contributed by atoms with E-state index in [0.29, 0.717) is 24.9 Å². The molecule has 0 aliphatic heterocycles. The van der Waals surface area contributed by atoms with Crippen LogP contribution in [0.3, 0.4) is 0 Å². The van der Waals surface area contributed by atoms with E-state index in [9.17, 15) is 0 Å². The minimum absolute atomic E-state index is 0.0192. The number of anilines is 2. The lowest BCUT2D eigenvalue weighted by atomic mass is 10.3. The maximum Gasteiger partial charge on any atom is 0.239 e. The molecule has 0 amide bonds. The quantitative estimate of drug-likeness (QED) is 0.440. The number of nitrogens with one attached hydrogen (secondary N) is 2. The second kappa shape index (κ2) is 6.94. The number of aromatic nitrogens is 2. The normalized spacial score (nSPS) is 12.2. The van der Waals surface area contributed by atoms with Crippen molar-refractivity contribution in [2.24, 2.45) is 5.84 Å². The van der Waals surface area contributed by atoms with Crippen LogP contribution >= 0.6 is 0 Å². The van der Waals surface area contributed by atoms with Crippen LogP contribution in [-0.4, -0.2) is 43.4 Å². The number of nitrogens with zero attached hydrogens (tertiary/aromatic N) is 2. The van der Waals surface area contributed by atoms with Crippen LogP contribution in [0, 0.1) is 0 Å². The maximum atomic E-state index is 5.20. The SMILES string of the molecule is COCC(CNc1ccnc(NN)n1)OC. The standard InChI is InChI=1S/C9H17N5O2/c1-15-6-7(16-2)5-12-8-3-4-11-9(13-8)14-10/h3-4,7H,5-6,10H2,1-2H3,(H2,11,12,13,14). The molecular weight excluding hydrogens is 210 g/mol. The molecule has 0 radical (unpaired) electrons. The third kappa shape index (κ3) is 3.97. The van der Waals surface area contributed by atoms with E-state index < -0.39 is 0 Å². The van der Waals surface area contributed by atoms with E-state index in [1.54, 1.807) is 26.5 Å². The molecule has 1 heterocycles. The maximum absolute atomic E-state index is 5.20. The first-order valence-corrected chi connectivity index (χ1v) is 4.85. The number of rotatable bonds is 7. The number of methoxy groups -OCH3 is 2. The number of nitrogens with two attached hydrogens (primary N) is 1. The highest BCUT2D eigenvalue weighted by molar-refractivity contribution is 5.38. The highest BCUT2D eigenvalue weighted by Crippen LogP contribution is 2.04. The minimum atomic E-state index is -0.0192. The van der Waals surface area contributed by atoms with Gasteiger partial charge in [-0.15, -0.1) is 0 Å². The van der Waals surface area contributed by atoms with Gasteiger partial charge in [-0.2, -0.15) is 4.98 Å². The zero-order valence-corrected chi connectivity index (χ0v) is 9.43. The molecule has 90 valence electrons. The molecule has 0 fully saturated rings. The van der Waals surface area contributed by atoms with Crippen molar-refractivity contribution >= 4 is 11.8 Å². The van der Waals surface area contributed by atoms with E-state index >= 15 is 0 Å². The van der Waals surface area contributed by atoms with Crippen molar-refractivity contribution in [1.29, 1.82) is 0 Å². The topological polar surface area (TPSA) is 94.3 Å². The zero-order valence-electron chi connectivity index (χ0n) is 9.43. The summed E-state index contributed by atoms with van der Waals surface area (Å²) < 4.78 is 10.2. The summed E-state index contributed by atoms with van der Waals surface area (Å²) in [6.45, 7) is 1.13. The van der Waals surface area contributed by atoms with Crippen LogP contribution in [0.25, 0.3) is 0 Å². The largest absolute Gasteiger partial charge is 0.382 e. The minimum Gasteiger partial charge on any atom is -0.382 e. The van der Waals surface area contributed by atoms with Gasteiger partial charge in [-0.25, -0.2) is 10.8 Å². The molecule has 1 unspecified atom stereocenters. The second-order valence-electron chi connectivity index (χ2n) is 3.10. The van der Waals surface area contributed by atoms with Gasteiger partial charge >= 0.3 is 0 Å². The lowest BCUT2D eigenvalue weighted by molar-refractivity contribution is 0.0365. The molecule has 4 N–H and O–H groups in total. The number of ether oxygens (including phenoxy) is 2. The first-order chi connectivity index (χ1) is 7.80. The van der Waals surface area contributed by atoms with Gasteiger partial charge in [-0.1, -0.05) is 0 Å². The Hall–Kier alpha value is -1.44. The predicted octanol–water partition coefficient (Wildman–Crippen LogP) is -0.164. The first kappa shape index (κ1) is 12.6. The van der Waals surface area contributed by atoms with E-state index in [-0.39, 0.29) is 6.10 Å². The van der Waals surface area contributed by atoms with Crippen molar-refractivity contribution in [3.05, 3.63) is 12.3 Å². The number of hydrogen-bond acceptors (Lipinski definition) is 7. The summed E-state index contributed by atoms with van der Waals surface area (Å²) in [7, 11) is 3.27. The summed E-state index contributed by atoms with van der Waals surface area (Å²) in [6, 6.07) is 1.75. The lowest BCUT2D eigenvalue weighted by Gasteiger charge is -2.15. The third-order valence-electron chi connectivity index (χ3n) is 1.98. The molecule has 0 saturated carbocycles. The van der Waals surface area contributed by atoms with E-state index in [1.807, 2.05) is 0 Å². The van der Waals surface area contributed by atoms with Crippen molar-refractivity contribution in [2.75, 3.05) is 38.1 Å². The molecule has 16 heavy (non-hydrogen) atoms. The van der Waals surface area contributed by atoms with E-state index in [1.165, 1.54) is 0 Å². The summed E-state index contributed by atoms with van der Waals surface area (Å²) in [5, 5.41) is 3.10. The Balaban J connectivity index is 2.46. The van der Waals surface area contributed by atoms with Crippen molar-refractivity contribution < 1.29 is 9.47 Å². The van der Waals surface area contributed by atoms with Crippen LogP contribution < -0.4 is 16.6 Å². The molecule has 1 aromatic heterocycles. The molecule has 0 aliphatic carbocycles. The number of hydrazine groups is 1. The van der Waals surface area contributed by atoms with Gasteiger partial charge in [-0.05, 0) is 6.07 Å². The Labute approximate surface area is 94.3 Å². The van der Waals surface area contributed by atoms with Crippen molar-refractivity contribution in [2.45, 2.75) is 6.10 Å². The average Bonchev–Trinajstić information content (AvgIpc) is 2.34. The molecule has 7 heteroatoms. The van der Waals surface area contributed by atoms with Crippen LogP contribution in [0.5, 0.6) is 0 Å². The Morgan fingerprint density at radius 1 is 1.50 bits per heavy atom. The van der Waals surface area contributed by atoms with Gasteiger partial charge in [0.25, 0.3) is 0 Å². The van der Waals surface area contributed by atoms with Gasteiger partial charge in [0, 0.05) is 27.0 Å². The Morgan fingerprint density at radius 2 is 2.31 bits per heavy atom. The van der Waals surface area contributed by atoms with Gasteiger partial charge < -0.3 is 14.8 Å². The molecular formula is C9H17N5O2. The lowest BCUT2D eigenvalue weighted by Crippen LogP contribution is -2.27. The molecule has 0 saturated heterocycles. The van der Waals surface area contributed by atoms with E-state index in [4.69, 9.17) is 15.3 Å². The second-order valence-corrected chi connectivity index (χ2v) is 3.10. The monoisotopic (exact) mass is 227 g/mol. The van der Waals surface area contributed by atoms with Crippen molar-refractivity contribution in [3.8, 4) is 0 Å². The molecule has 0 spiro atoms. The Morgan fingerprint density at radius 3 is 2.94 bits per heavy atom. The average molecular weight is 227 g/mol. The molecule has 7 nitrogen and oxygen atoms in total. The highest BCUT2D eigenvalue weighted by atomic mass is 16.5. The van der Waals surface area contributed by atoms with Crippen LogP contribution in [0.15, 0.2) is 12.3 Å². The van der Waals surface area contributed by atoms with Gasteiger partial charge in [0.2, 0.25) is 5.95 Å². The van der Waals surface area contributed by atoms with Gasteiger partial charge in [0.15, 0.2) is 0 Å². The Kier molecular flexibility index (Phi) is 5.48. The molecule has 1 rings (SSSR count). The predicted molar refractivity (Wildman–Crippen MR) is 61.0 cm³/mol. The van der Waals surface area contributed by atoms with Crippen molar-refractivity contribution in [3.63, 3.8) is 0 Å². The molecule has 1 atom stereocenters. The first-order valence-electron chi connectivity index (χ1n) is 4.85. The molecule has 0 aromatic carbocycles. The molecule has 0 bridgehead atoms. The Bertz CT molecular complexity index is 310. The van der Waals surface area contributed by atoms with Gasteiger partial charge in [0.05, 0.1) is 12.7 Å². The summed E-state index contributed by atoms with van der Waals surface area (Å²) in [4.78, 5) is 8.00. The summed E-state index contributed by atoms with van der Waals surface area (Å²) in [5.74, 6) is 6.25. The van der Waals surface area contributed by atoms with Crippen LogP contribution in [0.1, 0.15) is 0 Å². The van der Waals surface area contributed by atoms with Crippen LogP contribution in [0.2, 0.25) is 0 Å². The summed E-state index contributed by atoms with van der Waals surface area (Å²) >= 11 is 0. The van der Waals surface area contributed by atoms with Gasteiger partial charge in [0.1, 0.15) is 5.82 Å². The van der Waals surface area contributed by atoms with Crippen LogP contribution in [0.4, 0.5) is 11.8 Å². The highest BCUT2D eigenvalue weighted by Gasteiger charge is 2.06. The summed E-state index contributed by atoms with van der Waals surface area (Å²) in [6.07, 6.45) is 1.59. The zero-order chi connectivity index (χ0) is 11.8. The van der Waals surface area contributed by atoms with Crippen molar-refractivity contribution in [1.82, 2.24) is 9.97 Å².